The Hall–Kier alpha value is -3.47. The fourth-order valence-corrected chi connectivity index (χ4v) is 3.81. The molecule has 5 heteroatoms. The van der Waals surface area contributed by atoms with Gasteiger partial charge in [0.05, 0.1) is 6.42 Å². The van der Waals surface area contributed by atoms with E-state index in [1.165, 1.54) is 6.07 Å². The largest absolute Gasteiger partial charge is 0.352 e. The SMILES string of the molecule is Cc1ccccc1CN(C(=O)Cc1ccccc1F)[C@H](Cc1ccccc1)C(=O)NC(C)C. The van der Waals surface area contributed by atoms with Gasteiger partial charge in [0.1, 0.15) is 11.9 Å². The van der Waals surface area contributed by atoms with Crippen LogP contribution in [0.5, 0.6) is 0 Å². The first-order chi connectivity index (χ1) is 15.8. The Balaban J connectivity index is 1.99. The van der Waals surface area contributed by atoms with Gasteiger partial charge >= 0.3 is 0 Å². The van der Waals surface area contributed by atoms with Crippen LogP contribution in [-0.4, -0.2) is 28.8 Å². The standard InChI is InChI=1S/C28H31FN2O2/c1-20(2)30-28(33)26(17-22-12-5-4-6-13-22)31(19-24-15-8-7-11-21(24)3)27(32)18-23-14-9-10-16-25(23)29/h4-16,20,26H,17-19H2,1-3H3,(H,30,33)/t26-/m1/s1. The van der Waals surface area contributed by atoms with Crippen LogP contribution in [0.1, 0.15) is 36.1 Å². The minimum atomic E-state index is -0.728. The third kappa shape index (κ3) is 6.75. The molecule has 0 aromatic heterocycles. The van der Waals surface area contributed by atoms with E-state index < -0.39 is 11.9 Å². The van der Waals surface area contributed by atoms with Gasteiger partial charge in [-0.25, -0.2) is 4.39 Å². The lowest BCUT2D eigenvalue weighted by atomic mass is 10.00. The zero-order chi connectivity index (χ0) is 23.8. The summed E-state index contributed by atoms with van der Waals surface area (Å²) in [5, 5.41) is 2.97. The molecule has 0 aliphatic heterocycles. The van der Waals surface area contributed by atoms with Gasteiger partial charge in [-0.2, -0.15) is 0 Å². The summed E-state index contributed by atoms with van der Waals surface area (Å²) >= 11 is 0. The van der Waals surface area contributed by atoms with Crippen LogP contribution >= 0.6 is 0 Å². The second kappa shape index (κ2) is 11.4. The average molecular weight is 447 g/mol. The minimum Gasteiger partial charge on any atom is -0.352 e. The molecule has 1 atom stereocenters. The second-order valence-electron chi connectivity index (χ2n) is 8.59. The van der Waals surface area contributed by atoms with Crippen LogP contribution in [0.25, 0.3) is 0 Å². The minimum absolute atomic E-state index is 0.0715. The van der Waals surface area contributed by atoms with Crippen molar-refractivity contribution in [3.8, 4) is 0 Å². The summed E-state index contributed by atoms with van der Waals surface area (Å²) in [6.07, 6.45) is 0.257. The molecule has 0 fully saturated rings. The molecule has 0 aliphatic carbocycles. The summed E-state index contributed by atoms with van der Waals surface area (Å²) in [6, 6.07) is 22.9. The van der Waals surface area contributed by atoms with E-state index in [0.29, 0.717) is 12.0 Å². The lowest BCUT2D eigenvalue weighted by Crippen LogP contribution is -2.52. The first kappa shape index (κ1) is 24.2. The van der Waals surface area contributed by atoms with Crippen molar-refractivity contribution in [3.05, 3.63) is 107 Å². The fourth-order valence-electron chi connectivity index (χ4n) is 3.81. The normalized spacial score (nSPS) is 11.8. The number of aryl methyl sites for hydroxylation is 1. The Morgan fingerprint density at radius 3 is 2.12 bits per heavy atom. The molecule has 1 N–H and O–H groups in total. The molecule has 0 saturated carbocycles. The number of hydrogen-bond donors (Lipinski definition) is 1. The lowest BCUT2D eigenvalue weighted by Gasteiger charge is -2.32. The van der Waals surface area contributed by atoms with E-state index in [1.54, 1.807) is 23.1 Å². The number of benzene rings is 3. The first-order valence-corrected chi connectivity index (χ1v) is 11.3. The van der Waals surface area contributed by atoms with Crippen molar-refractivity contribution in [2.75, 3.05) is 0 Å². The highest BCUT2D eigenvalue weighted by Crippen LogP contribution is 2.19. The van der Waals surface area contributed by atoms with E-state index >= 15 is 0 Å². The first-order valence-electron chi connectivity index (χ1n) is 11.3. The van der Waals surface area contributed by atoms with Crippen molar-refractivity contribution < 1.29 is 14.0 Å². The molecular formula is C28H31FN2O2. The van der Waals surface area contributed by atoms with E-state index in [2.05, 4.69) is 5.32 Å². The lowest BCUT2D eigenvalue weighted by molar-refractivity contribution is -0.141. The number of nitrogens with zero attached hydrogens (tertiary/aromatic N) is 1. The molecule has 0 saturated heterocycles. The van der Waals surface area contributed by atoms with Gasteiger partial charge in [-0.05, 0) is 49.1 Å². The maximum absolute atomic E-state index is 14.3. The van der Waals surface area contributed by atoms with Gasteiger partial charge in [-0.1, -0.05) is 72.8 Å². The molecule has 0 bridgehead atoms. The molecule has 3 rings (SSSR count). The number of carbonyl (C=O) groups excluding carboxylic acids is 2. The zero-order valence-corrected chi connectivity index (χ0v) is 19.4. The molecule has 33 heavy (non-hydrogen) atoms. The number of carbonyl (C=O) groups is 2. The van der Waals surface area contributed by atoms with Gasteiger partial charge in [0.25, 0.3) is 0 Å². The summed E-state index contributed by atoms with van der Waals surface area (Å²) in [6.45, 7) is 6.03. The van der Waals surface area contributed by atoms with Crippen LogP contribution < -0.4 is 5.32 Å². The van der Waals surface area contributed by atoms with Crippen molar-refractivity contribution in [3.63, 3.8) is 0 Å². The van der Waals surface area contributed by atoms with Gasteiger partial charge in [-0.3, -0.25) is 9.59 Å². The number of halogens is 1. The quantitative estimate of drug-likeness (QED) is 0.511. The summed E-state index contributed by atoms with van der Waals surface area (Å²) < 4.78 is 14.3. The Bertz CT molecular complexity index is 1080. The van der Waals surface area contributed by atoms with Gasteiger partial charge in [-0.15, -0.1) is 0 Å². The molecule has 0 spiro atoms. The van der Waals surface area contributed by atoms with E-state index in [0.717, 1.165) is 16.7 Å². The van der Waals surface area contributed by atoms with Gasteiger partial charge in [0.2, 0.25) is 11.8 Å². The second-order valence-corrected chi connectivity index (χ2v) is 8.59. The molecule has 0 aliphatic rings. The average Bonchev–Trinajstić information content (AvgIpc) is 2.79. The van der Waals surface area contributed by atoms with Crippen LogP contribution in [0.2, 0.25) is 0 Å². The molecular weight excluding hydrogens is 415 g/mol. The van der Waals surface area contributed by atoms with Crippen LogP contribution in [0.3, 0.4) is 0 Å². The summed E-state index contributed by atoms with van der Waals surface area (Å²) in [4.78, 5) is 28.5. The highest BCUT2D eigenvalue weighted by atomic mass is 19.1. The van der Waals surface area contributed by atoms with Crippen LogP contribution in [0.4, 0.5) is 4.39 Å². The number of rotatable bonds is 9. The monoisotopic (exact) mass is 446 g/mol. The third-order valence-electron chi connectivity index (χ3n) is 5.60. The van der Waals surface area contributed by atoms with Gasteiger partial charge < -0.3 is 10.2 Å². The Labute approximate surface area is 195 Å². The molecule has 4 nitrogen and oxygen atoms in total. The molecule has 3 aromatic carbocycles. The molecule has 0 unspecified atom stereocenters. The fraction of sp³-hybridized carbons (Fsp3) is 0.286. The Kier molecular flexibility index (Phi) is 8.36. The van der Waals surface area contributed by atoms with Crippen molar-refractivity contribution in [2.45, 2.75) is 52.2 Å². The van der Waals surface area contributed by atoms with Crippen molar-refractivity contribution in [1.29, 1.82) is 0 Å². The van der Waals surface area contributed by atoms with Gasteiger partial charge in [0.15, 0.2) is 0 Å². The van der Waals surface area contributed by atoms with E-state index in [4.69, 9.17) is 0 Å². The van der Waals surface area contributed by atoms with E-state index in [1.807, 2.05) is 75.4 Å². The number of hydrogen-bond acceptors (Lipinski definition) is 2. The maximum atomic E-state index is 14.3. The molecule has 3 aromatic rings. The molecule has 0 heterocycles. The van der Waals surface area contributed by atoms with E-state index in [-0.39, 0.29) is 30.8 Å². The summed E-state index contributed by atoms with van der Waals surface area (Å²) in [7, 11) is 0. The third-order valence-corrected chi connectivity index (χ3v) is 5.60. The maximum Gasteiger partial charge on any atom is 0.243 e. The predicted molar refractivity (Wildman–Crippen MR) is 129 cm³/mol. The highest BCUT2D eigenvalue weighted by molar-refractivity contribution is 5.89. The molecule has 172 valence electrons. The van der Waals surface area contributed by atoms with Crippen LogP contribution in [-0.2, 0) is 29.0 Å². The Morgan fingerprint density at radius 2 is 1.48 bits per heavy atom. The van der Waals surface area contributed by atoms with Crippen molar-refractivity contribution in [1.82, 2.24) is 10.2 Å². The number of nitrogens with one attached hydrogen (secondary N) is 1. The topological polar surface area (TPSA) is 49.4 Å². The number of amides is 2. The molecule has 2 amide bonds. The predicted octanol–water partition coefficient (Wildman–Crippen LogP) is 4.84. The Morgan fingerprint density at radius 1 is 0.879 bits per heavy atom. The van der Waals surface area contributed by atoms with Crippen LogP contribution in [0.15, 0.2) is 78.9 Å². The summed E-state index contributed by atoms with van der Waals surface area (Å²) in [5.41, 5.74) is 3.26. The van der Waals surface area contributed by atoms with Crippen molar-refractivity contribution >= 4 is 11.8 Å². The smallest absolute Gasteiger partial charge is 0.243 e. The highest BCUT2D eigenvalue weighted by Gasteiger charge is 2.31. The van der Waals surface area contributed by atoms with Crippen molar-refractivity contribution in [2.24, 2.45) is 0 Å². The van der Waals surface area contributed by atoms with E-state index in [9.17, 15) is 14.0 Å². The molecule has 0 radical (unpaired) electrons. The zero-order valence-electron chi connectivity index (χ0n) is 19.4. The van der Waals surface area contributed by atoms with Crippen LogP contribution in [0, 0.1) is 12.7 Å². The van der Waals surface area contributed by atoms with Gasteiger partial charge in [0, 0.05) is 19.0 Å². The summed E-state index contributed by atoms with van der Waals surface area (Å²) in [5.74, 6) is -0.930.